The van der Waals surface area contributed by atoms with Gasteiger partial charge >= 0.3 is 0 Å². The van der Waals surface area contributed by atoms with Crippen LogP contribution in [0.25, 0.3) is 0 Å². The van der Waals surface area contributed by atoms with Gasteiger partial charge in [0, 0.05) is 16.9 Å². The topological polar surface area (TPSA) is 46.2 Å². The fraction of sp³-hybridized carbons (Fsp3) is 0.333. The Balaban J connectivity index is 2.40. The van der Waals surface area contributed by atoms with Crippen LogP contribution in [-0.2, 0) is 0 Å². The molecule has 0 aliphatic heterocycles. The predicted molar refractivity (Wildman–Crippen MR) is 91.6 cm³/mol. The molecule has 0 aliphatic rings. The van der Waals surface area contributed by atoms with Crippen LogP contribution in [0.2, 0.25) is 0 Å². The number of aliphatic hydroxyl groups is 1. The highest BCUT2D eigenvalue weighted by Gasteiger charge is 2.23. The Bertz CT molecular complexity index is 639. The number of halogens is 1. The smallest absolute Gasteiger partial charge is 0.0881 e. The van der Waals surface area contributed by atoms with Crippen LogP contribution in [0.1, 0.15) is 39.8 Å². The van der Waals surface area contributed by atoms with Gasteiger partial charge in [-0.1, -0.05) is 51.8 Å². The lowest BCUT2D eigenvalue weighted by atomic mass is 9.87. The van der Waals surface area contributed by atoms with Crippen LogP contribution in [0.4, 0.5) is 0 Å². The lowest BCUT2D eigenvalue weighted by molar-refractivity contribution is 0.146. The summed E-state index contributed by atoms with van der Waals surface area (Å²) in [5.74, 6) is -0.109. The van der Waals surface area contributed by atoms with E-state index in [1.54, 1.807) is 0 Å². The second kappa shape index (κ2) is 6.73. The highest BCUT2D eigenvalue weighted by Crippen LogP contribution is 2.35. The van der Waals surface area contributed by atoms with Gasteiger partial charge in [0.2, 0.25) is 0 Å². The van der Waals surface area contributed by atoms with Gasteiger partial charge in [-0.05, 0) is 49.1 Å². The minimum absolute atomic E-state index is 0.109. The van der Waals surface area contributed by atoms with Gasteiger partial charge in [-0.25, -0.2) is 0 Å². The summed E-state index contributed by atoms with van der Waals surface area (Å²) in [6.45, 7) is 6.60. The van der Waals surface area contributed by atoms with Crippen LogP contribution < -0.4 is 5.73 Å². The second-order valence-corrected chi connectivity index (χ2v) is 6.51. The van der Waals surface area contributed by atoms with Gasteiger partial charge in [0.15, 0.2) is 0 Å². The van der Waals surface area contributed by atoms with E-state index in [1.807, 2.05) is 25.1 Å². The fourth-order valence-electron chi connectivity index (χ4n) is 2.55. The molecule has 0 amide bonds. The van der Waals surface area contributed by atoms with E-state index >= 15 is 0 Å². The van der Waals surface area contributed by atoms with Crippen molar-refractivity contribution in [2.75, 3.05) is 6.54 Å². The van der Waals surface area contributed by atoms with Crippen LogP contribution in [0.3, 0.4) is 0 Å². The SMILES string of the molecule is Cc1ccc(Br)c(C(O)C(CN)c2ccc(C)c(C)c2)c1. The maximum absolute atomic E-state index is 10.8. The summed E-state index contributed by atoms with van der Waals surface area (Å²) in [7, 11) is 0. The van der Waals surface area contributed by atoms with E-state index in [4.69, 9.17) is 5.73 Å². The number of aryl methyl sites for hydroxylation is 3. The van der Waals surface area contributed by atoms with Gasteiger partial charge in [0.05, 0.1) is 6.10 Å². The lowest BCUT2D eigenvalue weighted by Crippen LogP contribution is -2.20. The van der Waals surface area contributed by atoms with Crippen molar-refractivity contribution < 1.29 is 5.11 Å². The monoisotopic (exact) mass is 347 g/mol. The van der Waals surface area contributed by atoms with Gasteiger partial charge in [-0.3, -0.25) is 0 Å². The van der Waals surface area contributed by atoms with Crippen molar-refractivity contribution in [3.05, 3.63) is 68.7 Å². The van der Waals surface area contributed by atoms with Crippen molar-refractivity contribution in [2.24, 2.45) is 5.73 Å². The van der Waals surface area contributed by atoms with Crippen LogP contribution in [-0.4, -0.2) is 11.7 Å². The van der Waals surface area contributed by atoms with Crippen LogP contribution >= 0.6 is 15.9 Å². The molecule has 0 aromatic heterocycles. The van der Waals surface area contributed by atoms with Gasteiger partial charge < -0.3 is 10.8 Å². The Hall–Kier alpha value is -1.16. The molecule has 2 rings (SSSR count). The third-order valence-electron chi connectivity index (χ3n) is 4.06. The van der Waals surface area contributed by atoms with E-state index in [1.165, 1.54) is 11.1 Å². The van der Waals surface area contributed by atoms with Crippen molar-refractivity contribution in [1.82, 2.24) is 0 Å². The first-order chi connectivity index (χ1) is 9.93. The number of hydrogen-bond acceptors (Lipinski definition) is 2. The summed E-state index contributed by atoms with van der Waals surface area (Å²) in [5.41, 5.74) is 11.5. The number of aliphatic hydroxyl groups excluding tert-OH is 1. The standard InChI is InChI=1S/C18H22BrNO/c1-11-4-7-17(19)15(8-11)18(21)16(10-20)14-6-5-12(2)13(3)9-14/h4-9,16,18,21H,10,20H2,1-3H3. The van der Waals surface area contributed by atoms with E-state index in [0.717, 1.165) is 21.2 Å². The molecule has 3 N–H and O–H groups in total. The van der Waals surface area contributed by atoms with E-state index in [9.17, 15) is 5.11 Å². The molecule has 0 heterocycles. The highest BCUT2D eigenvalue weighted by atomic mass is 79.9. The maximum atomic E-state index is 10.8. The largest absolute Gasteiger partial charge is 0.388 e. The van der Waals surface area contributed by atoms with Crippen molar-refractivity contribution >= 4 is 15.9 Å². The molecule has 112 valence electrons. The van der Waals surface area contributed by atoms with Gasteiger partial charge in [0.1, 0.15) is 0 Å². The zero-order valence-electron chi connectivity index (χ0n) is 12.7. The first-order valence-corrected chi connectivity index (χ1v) is 7.94. The number of hydrogen-bond donors (Lipinski definition) is 2. The predicted octanol–water partition coefficient (Wildman–Crippen LogP) is 4.15. The normalized spacial score (nSPS) is 14.0. The molecule has 3 heteroatoms. The average Bonchev–Trinajstić information content (AvgIpc) is 2.46. The summed E-state index contributed by atoms with van der Waals surface area (Å²) in [5, 5.41) is 10.8. The van der Waals surface area contributed by atoms with Crippen LogP contribution in [0, 0.1) is 20.8 Å². The van der Waals surface area contributed by atoms with Crippen molar-refractivity contribution in [3.8, 4) is 0 Å². The minimum Gasteiger partial charge on any atom is -0.388 e. The minimum atomic E-state index is -0.619. The molecule has 2 aromatic carbocycles. The Kier molecular flexibility index (Phi) is 5.20. The molecule has 2 unspecified atom stereocenters. The Labute approximate surface area is 135 Å². The van der Waals surface area contributed by atoms with E-state index in [0.29, 0.717) is 6.54 Å². The van der Waals surface area contributed by atoms with Crippen LogP contribution in [0.15, 0.2) is 40.9 Å². The summed E-state index contributed by atoms with van der Waals surface area (Å²) < 4.78 is 0.919. The second-order valence-electron chi connectivity index (χ2n) is 5.66. The Morgan fingerprint density at radius 3 is 2.38 bits per heavy atom. The zero-order chi connectivity index (χ0) is 15.6. The molecule has 0 spiro atoms. The van der Waals surface area contributed by atoms with Crippen molar-refractivity contribution in [2.45, 2.75) is 32.8 Å². The van der Waals surface area contributed by atoms with E-state index < -0.39 is 6.10 Å². The molecule has 0 aliphatic carbocycles. The Morgan fingerprint density at radius 1 is 1.05 bits per heavy atom. The Morgan fingerprint density at radius 2 is 1.76 bits per heavy atom. The van der Waals surface area contributed by atoms with Gasteiger partial charge in [-0.2, -0.15) is 0 Å². The summed E-state index contributed by atoms with van der Waals surface area (Å²) >= 11 is 3.53. The summed E-state index contributed by atoms with van der Waals surface area (Å²) in [4.78, 5) is 0. The molecule has 0 saturated carbocycles. The molecule has 0 fully saturated rings. The lowest BCUT2D eigenvalue weighted by Gasteiger charge is -2.24. The molecule has 2 aromatic rings. The molecule has 2 nitrogen and oxygen atoms in total. The number of rotatable bonds is 4. The molecule has 0 bridgehead atoms. The molecular formula is C18H22BrNO. The first-order valence-electron chi connectivity index (χ1n) is 7.15. The molecule has 0 saturated heterocycles. The van der Waals surface area contributed by atoms with E-state index in [-0.39, 0.29) is 5.92 Å². The van der Waals surface area contributed by atoms with Crippen LogP contribution in [0.5, 0.6) is 0 Å². The van der Waals surface area contributed by atoms with Gasteiger partial charge in [0.25, 0.3) is 0 Å². The number of benzene rings is 2. The zero-order valence-corrected chi connectivity index (χ0v) is 14.3. The maximum Gasteiger partial charge on any atom is 0.0881 e. The van der Waals surface area contributed by atoms with Crippen molar-refractivity contribution in [1.29, 1.82) is 0 Å². The van der Waals surface area contributed by atoms with Gasteiger partial charge in [-0.15, -0.1) is 0 Å². The fourth-order valence-corrected chi connectivity index (χ4v) is 3.03. The quantitative estimate of drug-likeness (QED) is 0.872. The summed E-state index contributed by atoms with van der Waals surface area (Å²) in [6, 6.07) is 12.3. The molecule has 0 radical (unpaired) electrons. The summed E-state index contributed by atoms with van der Waals surface area (Å²) in [6.07, 6.45) is -0.619. The first kappa shape index (κ1) is 16.2. The van der Waals surface area contributed by atoms with Crippen molar-refractivity contribution in [3.63, 3.8) is 0 Å². The molecule has 21 heavy (non-hydrogen) atoms. The molecule has 2 atom stereocenters. The molecular weight excluding hydrogens is 326 g/mol. The third-order valence-corrected chi connectivity index (χ3v) is 4.79. The van der Waals surface area contributed by atoms with E-state index in [2.05, 4.69) is 48.0 Å². The average molecular weight is 348 g/mol. The third kappa shape index (κ3) is 3.54. The highest BCUT2D eigenvalue weighted by molar-refractivity contribution is 9.10. The number of nitrogens with two attached hydrogens (primary N) is 1.